The first kappa shape index (κ1) is 15.5. The predicted octanol–water partition coefficient (Wildman–Crippen LogP) is 2.27. The first-order chi connectivity index (χ1) is 9.87. The highest BCUT2D eigenvalue weighted by molar-refractivity contribution is 6.02. The molecular weight excluding hydrogens is 266 g/mol. The first-order valence-electron chi connectivity index (χ1n) is 7.35. The van der Waals surface area contributed by atoms with Crippen LogP contribution < -0.4 is 16.0 Å². The van der Waals surface area contributed by atoms with Crippen molar-refractivity contribution in [2.75, 3.05) is 16.8 Å². The fourth-order valence-electron chi connectivity index (χ4n) is 2.37. The molecule has 21 heavy (non-hydrogen) atoms. The molecule has 0 unspecified atom stereocenters. The summed E-state index contributed by atoms with van der Waals surface area (Å²) in [5, 5.41) is 2.89. The van der Waals surface area contributed by atoms with Gasteiger partial charge < -0.3 is 16.0 Å². The van der Waals surface area contributed by atoms with Gasteiger partial charge in [-0.15, -0.1) is 0 Å². The third-order valence-corrected chi connectivity index (χ3v) is 3.54. The van der Waals surface area contributed by atoms with E-state index in [1.165, 1.54) is 0 Å². The Labute approximate surface area is 125 Å². The van der Waals surface area contributed by atoms with E-state index in [2.05, 4.69) is 5.32 Å². The maximum atomic E-state index is 12.0. The van der Waals surface area contributed by atoms with Gasteiger partial charge in [-0.2, -0.15) is 0 Å². The Morgan fingerprint density at radius 3 is 2.71 bits per heavy atom. The van der Waals surface area contributed by atoms with Gasteiger partial charge in [0.2, 0.25) is 11.8 Å². The van der Waals surface area contributed by atoms with Crippen LogP contribution in [0.25, 0.3) is 0 Å². The molecule has 2 amide bonds. The standard InChI is InChI=1S/C16H23N3O2/c1-16(2,17)10-9-14(20)18-12-6-3-4-7-13(12)19-11-5-8-15(19)21/h3-4,6-7H,5,8-11,17H2,1-2H3,(H,18,20). The Kier molecular flexibility index (Phi) is 4.63. The fourth-order valence-corrected chi connectivity index (χ4v) is 2.37. The third-order valence-electron chi connectivity index (χ3n) is 3.54. The van der Waals surface area contributed by atoms with Crippen LogP contribution in [0.5, 0.6) is 0 Å². The monoisotopic (exact) mass is 289 g/mol. The third kappa shape index (κ3) is 4.29. The van der Waals surface area contributed by atoms with E-state index in [1.807, 2.05) is 38.1 Å². The Morgan fingerprint density at radius 2 is 2.10 bits per heavy atom. The van der Waals surface area contributed by atoms with Crippen LogP contribution in [0.3, 0.4) is 0 Å². The summed E-state index contributed by atoms with van der Waals surface area (Å²) in [6.45, 7) is 4.51. The molecule has 0 bridgehead atoms. The van der Waals surface area contributed by atoms with Gasteiger partial charge in [-0.25, -0.2) is 0 Å². The summed E-state index contributed by atoms with van der Waals surface area (Å²) >= 11 is 0. The Morgan fingerprint density at radius 1 is 1.38 bits per heavy atom. The van der Waals surface area contributed by atoms with Crippen molar-refractivity contribution in [2.24, 2.45) is 5.73 Å². The summed E-state index contributed by atoms with van der Waals surface area (Å²) in [5.41, 5.74) is 7.00. The number of hydrogen-bond acceptors (Lipinski definition) is 3. The highest BCUT2D eigenvalue weighted by Gasteiger charge is 2.24. The molecule has 0 saturated carbocycles. The minimum Gasteiger partial charge on any atom is -0.326 e. The largest absolute Gasteiger partial charge is 0.326 e. The lowest BCUT2D eigenvalue weighted by atomic mass is 10.00. The van der Waals surface area contributed by atoms with Crippen molar-refractivity contribution in [2.45, 2.75) is 45.1 Å². The molecule has 1 aliphatic rings. The van der Waals surface area contributed by atoms with E-state index in [-0.39, 0.29) is 17.4 Å². The molecule has 1 heterocycles. The Hall–Kier alpha value is -1.88. The maximum Gasteiger partial charge on any atom is 0.227 e. The molecule has 1 aromatic carbocycles. The minimum atomic E-state index is -0.359. The van der Waals surface area contributed by atoms with Crippen molar-refractivity contribution in [1.29, 1.82) is 0 Å². The second kappa shape index (κ2) is 6.26. The van der Waals surface area contributed by atoms with Gasteiger partial charge in [-0.05, 0) is 38.8 Å². The minimum absolute atomic E-state index is 0.0763. The topological polar surface area (TPSA) is 75.4 Å². The molecule has 1 aliphatic heterocycles. The Bertz CT molecular complexity index is 535. The zero-order chi connectivity index (χ0) is 15.5. The SMILES string of the molecule is CC(C)(N)CCC(=O)Nc1ccccc1N1CCCC1=O. The summed E-state index contributed by atoms with van der Waals surface area (Å²) in [7, 11) is 0. The number of nitrogens with one attached hydrogen (secondary N) is 1. The summed E-state index contributed by atoms with van der Waals surface area (Å²) in [6, 6.07) is 7.42. The Balaban J connectivity index is 2.06. The summed E-state index contributed by atoms with van der Waals surface area (Å²) in [5.74, 6) is 0.0346. The van der Waals surface area contributed by atoms with Crippen LogP contribution in [-0.2, 0) is 9.59 Å². The second-order valence-corrected chi connectivity index (χ2v) is 6.20. The predicted molar refractivity (Wildman–Crippen MR) is 84.2 cm³/mol. The number of benzene rings is 1. The molecule has 5 nitrogen and oxygen atoms in total. The van der Waals surface area contributed by atoms with E-state index < -0.39 is 0 Å². The van der Waals surface area contributed by atoms with Crippen LogP contribution in [0.1, 0.15) is 39.5 Å². The molecule has 1 saturated heterocycles. The average molecular weight is 289 g/mol. The van der Waals surface area contributed by atoms with E-state index in [9.17, 15) is 9.59 Å². The molecule has 0 aliphatic carbocycles. The molecule has 1 fully saturated rings. The lowest BCUT2D eigenvalue weighted by Crippen LogP contribution is -2.33. The summed E-state index contributed by atoms with van der Waals surface area (Å²) in [6.07, 6.45) is 2.42. The molecule has 0 radical (unpaired) electrons. The molecular formula is C16H23N3O2. The molecule has 0 aromatic heterocycles. The van der Waals surface area contributed by atoms with Crippen LogP contribution in [0, 0.1) is 0 Å². The van der Waals surface area contributed by atoms with E-state index in [0.29, 0.717) is 31.5 Å². The number of amides is 2. The summed E-state index contributed by atoms with van der Waals surface area (Å²) in [4.78, 5) is 25.6. The lowest BCUT2D eigenvalue weighted by molar-refractivity contribution is -0.117. The van der Waals surface area contributed by atoms with Crippen molar-refractivity contribution >= 4 is 23.2 Å². The van der Waals surface area contributed by atoms with Gasteiger partial charge in [0, 0.05) is 24.9 Å². The van der Waals surface area contributed by atoms with Gasteiger partial charge in [-0.3, -0.25) is 9.59 Å². The van der Waals surface area contributed by atoms with Crippen molar-refractivity contribution in [3.8, 4) is 0 Å². The van der Waals surface area contributed by atoms with Gasteiger partial charge in [0.15, 0.2) is 0 Å². The highest BCUT2D eigenvalue weighted by atomic mass is 16.2. The molecule has 3 N–H and O–H groups in total. The zero-order valence-corrected chi connectivity index (χ0v) is 12.7. The zero-order valence-electron chi connectivity index (χ0n) is 12.7. The number of nitrogens with zero attached hydrogens (tertiary/aromatic N) is 1. The smallest absolute Gasteiger partial charge is 0.227 e. The molecule has 114 valence electrons. The normalized spacial score (nSPS) is 15.4. The highest BCUT2D eigenvalue weighted by Crippen LogP contribution is 2.29. The van der Waals surface area contributed by atoms with Crippen LogP contribution >= 0.6 is 0 Å². The van der Waals surface area contributed by atoms with E-state index >= 15 is 0 Å². The molecule has 2 rings (SSSR count). The number of carbonyl (C=O) groups excluding carboxylic acids is 2. The van der Waals surface area contributed by atoms with Gasteiger partial charge in [0.25, 0.3) is 0 Å². The van der Waals surface area contributed by atoms with Crippen LogP contribution in [0.15, 0.2) is 24.3 Å². The number of hydrogen-bond donors (Lipinski definition) is 2. The van der Waals surface area contributed by atoms with Gasteiger partial charge in [0.1, 0.15) is 0 Å². The molecule has 1 aromatic rings. The second-order valence-electron chi connectivity index (χ2n) is 6.20. The van der Waals surface area contributed by atoms with Crippen molar-refractivity contribution in [3.05, 3.63) is 24.3 Å². The van der Waals surface area contributed by atoms with E-state index in [4.69, 9.17) is 5.73 Å². The number of rotatable bonds is 5. The van der Waals surface area contributed by atoms with Gasteiger partial charge >= 0.3 is 0 Å². The van der Waals surface area contributed by atoms with E-state index in [1.54, 1.807) is 4.90 Å². The number of para-hydroxylation sites is 2. The van der Waals surface area contributed by atoms with Crippen LogP contribution in [0.2, 0.25) is 0 Å². The fraction of sp³-hybridized carbons (Fsp3) is 0.500. The van der Waals surface area contributed by atoms with Crippen LogP contribution in [0.4, 0.5) is 11.4 Å². The average Bonchev–Trinajstić information content (AvgIpc) is 2.82. The van der Waals surface area contributed by atoms with Crippen molar-refractivity contribution in [3.63, 3.8) is 0 Å². The van der Waals surface area contributed by atoms with Crippen molar-refractivity contribution < 1.29 is 9.59 Å². The van der Waals surface area contributed by atoms with Gasteiger partial charge in [0.05, 0.1) is 11.4 Å². The summed E-state index contributed by atoms with van der Waals surface area (Å²) < 4.78 is 0. The number of carbonyl (C=O) groups is 2. The van der Waals surface area contributed by atoms with Crippen molar-refractivity contribution in [1.82, 2.24) is 0 Å². The molecule has 5 heteroatoms. The number of anilines is 2. The van der Waals surface area contributed by atoms with Gasteiger partial charge in [-0.1, -0.05) is 12.1 Å². The lowest BCUT2D eigenvalue weighted by Gasteiger charge is -2.21. The maximum absolute atomic E-state index is 12.0. The number of nitrogens with two attached hydrogens (primary N) is 1. The van der Waals surface area contributed by atoms with E-state index in [0.717, 1.165) is 12.1 Å². The first-order valence-corrected chi connectivity index (χ1v) is 7.35. The molecule has 0 spiro atoms. The quantitative estimate of drug-likeness (QED) is 0.873. The van der Waals surface area contributed by atoms with Crippen LogP contribution in [-0.4, -0.2) is 23.9 Å². The molecule has 0 atom stereocenters.